The molecule has 0 fully saturated rings. The summed E-state index contributed by atoms with van der Waals surface area (Å²) in [5, 5.41) is 17.7. The molecule has 0 aromatic heterocycles. The number of aliphatic hydroxyl groups is 2. The summed E-state index contributed by atoms with van der Waals surface area (Å²) in [6.45, 7) is 0.215. The van der Waals surface area contributed by atoms with Crippen LogP contribution < -0.4 is 5.73 Å². The van der Waals surface area contributed by atoms with Crippen molar-refractivity contribution in [3.63, 3.8) is 0 Å². The number of aliphatic imine (C=N–C) groups is 1. The molecule has 4 N–H and O–H groups in total. The molecule has 0 unspecified atom stereocenters. The first-order valence-electron chi connectivity index (χ1n) is 3.41. The van der Waals surface area contributed by atoms with Gasteiger partial charge in [0.1, 0.15) is 5.84 Å². The first kappa shape index (κ1) is 8.45. The second-order valence-electron chi connectivity index (χ2n) is 2.43. The molecule has 0 amide bonds. The highest BCUT2D eigenvalue weighted by Crippen LogP contribution is 2.13. The molecule has 0 saturated heterocycles. The van der Waals surface area contributed by atoms with E-state index >= 15 is 0 Å². The van der Waals surface area contributed by atoms with Crippen LogP contribution >= 0.6 is 0 Å². The molecule has 0 atom stereocenters. The standard InChI is InChI=1S/C6H12N2O3/c7-5-6(3-9,4-10)11-2-1-8-5/h9-10H,1-4H2,(H2,7,8). The topological polar surface area (TPSA) is 88.1 Å². The van der Waals surface area contributed by atoms with E-state index in [0.29, 0.717) is 13.2 Å². The van der Waals surface area contributed by atoms with Crippen LogP contribution in [0.4, 0.5) is 0 Å². The lowest BCUT2D eigenvalue weighted by Gasteiger charge is -2.31. The number of nitrogens with two attached hydrogens (primary N) is 1. The van der Waals surface area contributed by atoms with Gasteiger partial charge in [-0.15, -0.1) is 0 Å². The molecule has 0 bridgehead atoms. The number of ether oxygens (including phenoxy) is 1. The predicted octanol–water partition coefficient (Wildman–Crippen LogP) is -1.90. The Hall–Kier alpha value is -0.650. The first-order chi connectivity index (χ1) is 5.25. The summed E-state index contributed by atoms with van der Waals surface area (Å²) in [5.74, 6) is 0.175. The molecule has 0 saturated carbocycles. The summed E-state index contributed by atoms with van der Waals surface area (Å²) in [6, 6.07) is 0. The van der Waals surface area contributed by atoms with Crippen LogP contribution in [0.3, 0.4) is 0 Å². The summed E-state index contributed by atoms with van der Waals surface area (Å²) in [4.78, 5) is 3.87. The minimum atomic E-state index is -1.14. The molecule has 1 rings (SSSR count). The molecular weight excluding hydrogens is 148 g/mol. The smallest absolute Gasteiger partial charge is 0.170 e. The van der Waals surface area contributed by atoms with Crippen molar-refractivity contribution < 1.29 is 14.9 Å². The van der Waals surface area contributed by atoms with Crippen molar-refractivity contribution in [2.75, 3.05) is 26.4 Å². The van der Waals surface area contributed by atoms with Gasteiger partial charge in [-0.05, 0) is 0 Å². The van der Waals surface area contributed by atoms with Crippen molar-refractivity contribution in [3.05, 3.63) is 0 Å². The van der Waals surface area contributed by atoms with E-state index < -0.39 is 5.60 Å². The summed E-state index contributed by atoms with van der Waals surface area (Å²) >= 11 is 0. The second-order valence-corrected chi connectivity index (χ2v) is 2.43. The average molecular weight is 160 g/mol. The fourth-order valence-corrected chi connectivity index (χ4v) is 0.928. The molecular formula is C6H12N2O3. The van der Waals surface area contributed by atoms with Crippen LogP contribution in [0.1, 0.15) is 0 Å². The SMILES string of the molecule is NC1=NCCOC1(CO)CO. The summed E-state index contributed by atoms with van der Waals surface area (Å²) in [6.07, 6.45) is 0. The molecule has 5 heteroatoms. The summed E-state index contributed by atoms with van der Waals surface area (Å²) in [5.41, 5.74) is 4.30. The van der Waals surface area contributed by atoms with E-state index in [9.17, 15) is 0 Å². The Morgan fingerprint density at radius 1 is 1.55 bits per heavy atom. The maximum Gasteiger partial charge on any atom is 0.170 e. The van der Waals surface area contributed by atoms with Crippen molar-refractivity contribution in [3.8, 4) is 0 Å². The van der Waals surface area contributed by atoms with E-state index in [1.807, 2.05) is 0 Å². The molecule has 0 aliphatic carbocycles. The first-order valence-corrected chi connectivity index (χ1v) is 3.41. The van der Waals surface area contributed by atoms with E-state index in [2.05, 4.69) is 4.99 Å². The third kappa shape index (κ3) is 1.35. The second kappa shape index (κ2) is 3.17. The minimum absolute atomic E-state index is 0.175. The Morgan fingerprint density at radius 3 is 2.55 bits per heavy atom. The Labute approximate surface area is 64.5 Å². The highest BCUT2D eigenvalue weighted by molar-refractivity contribution is 5.89. The molecule has 5 nitrogen and oxygen atoms in total. The van der Waals surface area contributed by atoms with Gasteiger partial charge in [-0.3, -0.25) is 4.99 Å². The van der Waals surface area contributed by atoms with E-state index in [1.165, 1.54) is 0 Å². The van der Waals surface area contributed by atoms with Crippen molar-refractivity contribution >= 4 is 5.84 Å². The number of hydrogen-bond acceptors (Lipinski definition) is 5. The van der Waals surface area contributed by atoms with E-state index in [-0.39, 0.29) is 19.0 Å². The number of rotatable bonds is 2. The van der Waals surface area contributed by atoms with Gasteiger partial charge in [0.15, 0.2) is 5.60 Å². The summed E-state index contributed by atoms with van der Waals surface area (Å²) in [7, 11) is 0. The summed E-state index contributed by atoms with van der Waals surface area (Å²) < 4.78 is 5.12. The Balaban J connectivity index is 2.79. The van der Waals surface area contributed by atoms with Gasteiger partial charge < -0.3 is 20.7 Å². The lowest BCUT2D eigenvalue weighted by molar-refractivity contribution is -0.0654. The lowest BCUT2D eigenvalue weighted by Crippen LogP contribution is -2.55. The lowest BCUT2D eigenvalue weighted by atomic mass is 10.0. The van der Waals surface area contributed by atoms with Gasteiger partial charge in [-0.1, -0.05) is 0 Å². The molecule has 11 heavy (non-hydrogen) atoms. The van der Waals surface area contributed by atoms with Crippen LogP contribution in [0.25, 0.3) is 0 Å². The zero-order chi connectivity index (χ0) is 8.32. The normalized spacial score (nSPS) is 22.9. The van der Waals surface area contributed by atoms with Gasteiger partial charge in [-0.25, -0.2) is 0 Å². The third-order valence-corrected chi connectivity index (χ3v) is 1.73. The maximum atomic E-state index is 8.87. The largest absolute Gasteiger partial charge is 0.393 e. The molecule has 1 aliphatic heterocycles. The van der Waals surface area contributed by atoms with Crippen LogP contribution in [0.5, 0.6) is 0 Å². The van der Waals surface area contributed by atoms with Gasteiger partial charge in [0.25, 0.3) is 0 Å². The van der Waals surface area contributed by atoms with Gasteiger partial charge in [0.2, 0.25) is 0 Å². The van der Waals surface area contributed by atoms with Gasteiger partial charge in [0.05, 0.1) is 26.4 Å². The van der Waals surface area contributed by atoms with Crippen molar-refractivity contribution in [1.29, 1.82) is 0 Å². The fraction of sp³-hybridized carbons (Fsp3) is 0.833. The molecule has 0 spiro atoms. The van der Waals surface area contributed by atoms with Crippen LogP contribution in [0.2, 0.25) is 0 Å². The van der Waals surface area contributed by atoms with E-state index in [1.54, 1.807) is 0 Å². The number of hydrogen-bond donors (Lipinski definition) is 3. The van der Waals surface area contributed by atoms with Crippen LogP contribution in [-0.4, -0.2) is 48.0 Å². The number of amidine groups is 1. The van der Waals surface area contributed by atoms with Gasteiger partial charge in [-0.2, -0.15) is 0 Å². The molecule has 64 valence electrons. The molecule has 1 heterocycles. The Bertz CT molecular complexity index is 165. The fourth-order valence-electron chi connectivity index (χ4n) is 0.928. The molecule has 0 aromatic rings. The molecule has 0 aromatic carbocycles. The quantitative estimate of drug-likeness (QED) is 0.440. The van der Waals surface area contributed by atoms with Crippen LogP contribution in [0.15, 0.2) is 4.99 Å². The van der Waals surface area contributed by atoms with Crippen LogP contribution in [-0.2, 0) is 4.74 Å². The third-order valence-electron chi connectivity index (χ3n) is 1.73. The number of nitrogens with zero attached hydrogens (tertiary/aromatic N) is 1. The van der Waals surface area contributed by atoms with E-state index in [0.717, 1.165) is 0 Å². The van der Waals surface area contributed by atoms with Crippen LogP contribution in [0, 0.1) is 0 Å². The van der Waals surface area contributed by atoms with Crippen molar-refractivity contribution in [1.82, 2.24) is 0 Å². The highest BCUT2D eigenvalue weighted by Gasteiger charge is 2.36. The molecule has 0 radical (unpaired) electrons. The van der Waals surface area contributed by atoms with Gasteiger partial charge in [0, 0.05) is 0 Å². The minimum Gasteiger partial charge on any atom is -0.393 e. The Kier molecular flexibility index (Phi) is 2.43. The number of aliphatic hydroxyl groups excluding tert-OH is 2. The highest BCUT2D eigenvalue weighted by atomic mass is 16.5. The zero-order valence-electron chi connectivity index (χ0n) is 6.16. The Morgan fingerprint density at radius 2 is 2.18 bits per heavy atom. The average Bonchev–Trinajstić information content (AvgIpc) is 2.06. The van der Waals surface area contributed by atoms with Crippen molar-refractivity contribution in [2.45, 2.75) is 5.60 Å². The van der Waals surface area contributed by atoms with Crippen molar-refractivity contribution in [2.24, 2.45) is 10.7 Å². The van der Waals surface area contributed by atoms with Gasteiger partial charge >= 0.3 is 0 Å². The maximum absolute atomic E-state index is 8.87. The zero-order valence-corrected chi connectivity index (χ0v) is 6.16. The van der Waals surface area contributed by atoms with E-state index in [4.69, 9.17) is 20.7 Å². The monoisotopic (exact) mass is 160 g/mol. The molecule has 1 aliphatic rings. The predicted molar refractivity (Wildman–Crippen MR) is 39.3 cm³/mol.